The van der Waals surface area contributed by atoms with Crippen LogP contribution in [0.2, 0.25) is 0 Å². The number of halogens is 1. The first-order valence-electron chi connectivity index (χ1n) is 5.38. The van der Waals surface area contributed by atoms with Gasteiger partial charge in [0.25, 0.3) is 0 Å². The zero-order valence-corrected chi connectivity index (χ0v) is 9.42. The van der Waals surface area contributed by atoms with Gasteiger partial charge in [-0.15, -0.1) is 0 Å². The molecule has 0 aliphatic carbocycles. The second-order valence-electron chi connectivity index (χ2n) is 3.46. The minimum atomic E-state index is -0.428. The van der Waals surface area contributed by atoms with E-state index in [1.54, 1.807) is 0 Å². The summed E-state index contributed by atoms with van der Waals surface area (Å²) in [4.78, 5) is 0. The van der Waals surface area contributed by atoms with Crippen LogP contribution in [0, 0.1) is 6.92 Å². The summed E-state index contributed by atoms with van der Waals surface area (Å²) >= 11 is 0. The van der Waals surface area contributed by atoms with Crippen molar-refractivity contribution in [1.82, 2.24) is 0 Å². The molecule has 0 saturated carbocycles. The van der Waals surface area contributed by atoms with Gasteiger partial charge >= 0.3 is 0 Å². The van der Waals surface area contributed by atoms with Crippen molar-refractivity contribution in [2.45, 2.75) is 26.2 Å². The highest BCUT2D eigenvalue weighted by Gasteiger charge is 2.13. The van der Waals surface area contributed by atoms with Crippen LogP contribution in [0.25, 0.3) is 0 Å². The minimum Gasteiger partial charge on any atom is -0.494 e. The predicted octanol–water partition coefficient (Wildman–Crippen LogP) is 3.53. The second kappa shape index (κ2) is 5.74. The molecule has 0 aliphatic rings. The number of alkyl halides is 1. The Bertz CT molecular complexity index is 309. The van der Waals surface area contributed by atoms with E-state index in [4.69, 9.17) is 4.74 Å². The Balaban J connectivity index is 3.09. The average Bonchev–Trinajstić information content (AvgIpc) is 2.28. The predicted molar refractivity (Wildman–Crippen MR) is 61.1 cm³/mol. The van der Waals surface area contributed by atoms with E-state index in [0.29, 0.717) is 6.61 Å². The molecule has 0 amide bonds. The Morgan fingerprint density at radius 2 is 2.13 bits per heavy atom. The van der Waals surface area contributed by atoms with Crippen molar-refractivity contribution < 1.29 is 9.13 Å². The topological polar surface area (TPSA) is 9.23 Å². The van der Waals surface area contributed by atoms with Gasteiger partial charge in [0, 0.05) is 5.92 Å². The molecule has 0 bridgehead atoms. The number of benzene rings is 1. The van der Waals surface area contributed by atoms with E-state index in [-0.39, 0.29) is 5.92 Å². The molecule has 0 fully saturated rings. The lowest BCUT2D eigenvalue weighted by Crippen LogP contribution is -2.04. The maximum atomic E-state index is 12.6. The van der Waals surface area contributed by atoms with Crippen LogP contribution in [0.3, 0.4) is 0 Å². The Hall–Kier alpha value is -1.05. The van der Waals surface area contributed by atoms with E-state index >= 15 is 0 Å². The molecule has 15 heavy (non-hydrogen) atoms. The van der Waals surface area contributed by atoms with Crippen LogP contribution < -0.4 is 4.74 Å². The fourth-order valence-corrected chi connectivity index (χ4v) is 1.72. The molecule has 1 aromatic carbocycles. The molecular weight excluding hydrogens is 191 g/mol. The quantitative estimate of drug-likeness (QED) is 0.720. The van der Waals surface area contributed by atoms with Gasteiger partial charge in [-0.1, -0.05) is 19.1 Å². The molecule has 0 aliphatic heterocycles. The molecule has 0 aromatic heterocycles. The molecule has 0 spiro atoms. The SMILES string of the molecule is [CH2]C(CF)c1cccc(OCC)c1CC. The van der Waals surface area contributed by atoms with E-state index in [1.165, 1.54) is 0 Å². The zero-order chi connectivity index (χ0) is 11.3. The van der Waals surface area contributed by atoms with Crippen molar-refractivity contribution in [1.29, 1.82) is 0 Å². The van der Waals surface area contributed by atoms with Gasteiger partial charge in [0.2, 0.25) is 0 Å². The first kappa shape index (κ1) is 12.0. The van der Waals surface area contributed by atoms with E-state index in [1.807, 2.05) is 32.0 Å². The van der Waals surface area contributed by atoms with Crippen molar-refractivity contribution >= 4 is 0 Å². The molecule has 1 nitrogen and oxygen atoms in total. The molecule has 0 saturated heterocycles. The molecular formula is C13H18FO. The normalized spacial score (nSPS) is 12.5. The maximum Gasteiger partial charge on any atom is 0.122 e. The Labute approximate surface area is 91.3 Å². The molecule has 0 N–H and O–H groups in total. The van der Waals surface area contributed by atoms with Gasteiger partial charge in [-0.2, -0.15) is 0 Å². The van der Waals surface area contributed by atoms with E-state index in [2.05, 4.69) is 6.92 Å². The zero-order valence-electron chi connectivity index (χ0n) is 9.42. The number of rotatable bonds is 5. The third kappa shape index (κ3) is 2.71. The number of hydrogen-bond donors (Lipinski definition) is 0. The lowest BCUT2D eigenvalue weighted by molar-refractivity contribution is 0.335. The Morgan fingerprint density at radius 3 is 2.67 bits per heavy atom. The van der Waals surface area contributed by atoms with Crippen molar-refractivity contribution in [2.24, 2.45) is 0 Å². The summed E-state index contributed by atoms with van der Waals surface area (Å²) in [5.74, 6) is 0.569. The van der Waals surface area contributed by atoms with Gasteiger partial charge in [0.1, 0.15) is 5.75 Å². The van der Waals surface area contributed by atoms with Crippen LogP contribution in [0.4, 0.5) is 4.39 Å². The summed E-state index contributed by atoms with van der Waals surface area (Å²) in [6.45, 7) is 8.01. The molecule has 2 heteroatoms. The monoisotopic (exact) mass is 209 g/mol. The summed E-state index contributed by atoms with van der Waals surface area (Å²) in [7, 11) is 0. The highest BCUT2D eigenvalue weighted by atomic mass is 19.1. The third-order valence-corrected chi connectivity index (χ3v) is 2.45. The van der Waals surface area contributed by atoms with Gasteiger partial charge in [-0.3, -0.25) is 4.39 Å². The van der Waals surface area contributed by atoms with E-state index in [0.717, 1.165) is 23.3 Å². The Morgan fingerprint density at radius 1 is 1.40 bits per heavy atom. The van der Waals surface area contributed by atoms with Crippen molar-refractivity contribution in [3.8, 4) is 5.75 Å². The molecule has 83 valence electrons. The standard InChI is InChI=1S/C13H18FO/c1-4-11-12(10(3)9-14)7-6-8-13(11)15-5-2/h6-8,10H,3-5,9H2,1-2H3. The third-order valence-electron chi connectivity index (χ3n) is 2.45. The second-order valence-corrected chi connectivity index (χ2v) is 3.46. The fraction of sp³-hybridized carbons (Fsp3) is 0.462. The highest BCUT2D eigenvalue weighted by molar-refractivity contribution is 5.42. The maximum absolute atomic E-state index is 12.6. The van der Waals surface area contributed by atoms with Gasteiger partial charge in [0.15, 0.2) is 0 Å². The van der Waals surface area contributed by atoms with E-state index in [9.17, 15) is 4.39 Å². The van der Waals surface area contributed by atoms with Gasteiger partial charge in [-0.25, -0.2) is 0 Å². The summed E-state index contributed by atoms with van der Waals surface area (Å²) < 4.78 is 18.1. The van der Waals surface area contributed by atoms with Crippen LogP contribution in [-0.4, -0.2) is 13.3 Å². The summed E-state index contributed by atoms with van der Waals surface area (Å²) in [5, 5.41) is 0. The lowest BCUT2D eigenvalue weighted by atomic mass is 9.94. The minimum absolute atomic E-state index is 0.291. The molecule has 0 heterocycles. The van der Waals surface area contributed by atoms with Crippen molar-refractivity contribution in [2.75, 3.05) is 13.3 Å². The van der Waals surface area contributed by atoms with Gasteiger partial charge in [-0.05, 0) is 37.5 Å². The molecule has 1 rings (SSSR count). The van der Waals surface area contributed by atoms with Crippen LogP contribution >= 0.6 is 0 Å². The molecule has 1 atom stereocenters. The fourth-order valence-electron chi connectivity index (χ4n) is 1.72. The molecule has 1 aromatic rings. The number of hydrogen-bond acceptors (Lipinski definition) is 1. The van der Waals surface area contributed by atoms with Crippen LogP contribution in [0.5, 0.6) is 5.75 Å². The average molecular weight is 209 g/mol. The van der Waals surface area contributed by atoms with Gasteiger partial charge < -0.3 is 4.74 Å². The highest BCUT2D eigenvalue weighted by Crippen LogP contribution is 2.28. The van der Waals surface area contributed by atoms with Crippen LogP contribution in [0.15, 0.2) is 18.2 Å². The first-order valence-corrected chi connectivity index (χ1v) is 5.38. The Kier molecular flexibility index (Phi) is 4.60. The largest absolute Gasteiger partial charge is 0.494 e. The molecule has 1 unspecified atom stereocenters. The van der Waals surface area contributed by atoms with Crippen LogP contribution in [-0.2, 0) is 6.42 Å². The smallest absolute Gasteiger partial charge is 0.122 e. The molecule has 1 radical (unpaired) electrons. The van der Waals surface area contributed by atoms with E-state index < -0.39 is 6.67 Å². The summed E-state index contributed by atoms with van der Waals surface area (Å²) in [5.41, 5.74) is 2.04. The number of ether oxygens (including phenoxy) is 1. The van der Waals surface area contributed by atoms with Gasteiger partial charge in [0.05, 0.1) is 13.3 Å². The summed E-state index contributed by atoms with van der Waals surface area (Å²) in [6, 6.07) is 5.75. The first-order chi connectivity index (χ1) is 7.24. The summed E-state index contributed by atoms with van der Waals surface area (Å²) in [6.07, 6.45) is 0.845. The van der Waals surface area contributed by atoms with Crippen LogP contribution in [0.1, 0.15) is 30.9 Å². The van der Waals surface area contributed by atoms with Crippen molar-refractivity contribution in [3.05, 3.63) is 36.2 Å². The van der Waals surface area contributed by atoms with Crippen molar-refractivity contribution in [3.63, 3.8) is 0 Å². The lowest BCUT2D eigenvalue weighted by Gasteiger charge is -2.16.